The summed E-state index contributed by atoms with van der Waals surface area (Å²) in [4.78, 5) is 17.0. The second-order valence-corrected chi connectivity index (χ2v) is 7.23. The highest BCUT2D eigenvalue weighted by atomic mass is 32.1. The van der Waals surface area contributed by atoms with Gasteiger partial charge in [0, 0.05) is 23.2 Å². The van der Waals surface area contributed by atoms with Gasteiger partial charge in [0.1, 0.15) is 6.10 Å². The predicted molar refractivity (Wildman–Crippen MR) is 92.6 cm³/mol. The highest BCUT2D eigenvalue weighted by Gasteiger charge is 2.30. The largest absolute Gasteiger partial charge is 0.379 e. The van der Waals surface area contributed by atoms with E-state index >= 15 is 0 Å². The first-order chi connectivity index (χ1) is 12.3. The van der Waals surface area contributed by atoms with Crippen LogP contribution < -0.4 is 5.32 Å². The van der Waals surface area contributed by atoms with Crippen LogP contribution in [0.3, 0.4) is 0 Å². The van der Waals surface area contributed by atoms with E-state index in [4.69, 9.17) is 9.47 Å². The topological polar surface area (TPSA) is 89.1 Å². The monoisotopic (exact) mass is 362 g/mol. The summed E-state index contributed by atoms with van der Waals surface area (Å²) < 4.78 is 11.5. The first-order valence-corrected chi connectivity index (χ1v) is 9.69. The van der Waals surface area contributed by atoms with Crippen molar-refractivity contribution in [2.24, 2.45) is 0 Å². The molecule has 1 aliphatic carbocycles. The maximum atomic E-state index is 12.7. The number of aryl methyl sites for hydroxylation is 1. The van der Waals surface area contributed by atoms with Crippen molar-refractivity contribution in [2.45, 2.75) is 50.9 Å². The van der Waals surface area contributed by atoms with E-state index in [9.17, 15) is 4.79 Å². The molecule has 1 saturated heterocycles. The molecule has 134 valence electrons. The van der Waals surface area contributed by atoms with Gasteiger partial charge in [0.15, 0.2) is 5.69 Å². The minimum Gasteiger partial charge on any atom is -0.379 e. The molecule has 0 aromatic carbocycles. The number of H-pyrrole nitrogens is 1. The Labute approximate surface area is 150 Å². The van der Waals surface area contributed by atoms with Crippen LogP contribution in [0.2, 0.25) is 0 Å². The van der Waals surface area contributed by atoms with E-state index in [0.29, 0.717) is 25.5 Å². The van der Waals surface area contributed by atoms with Gasteiger partial charge in [-0.05, 0) is 32.1 Å². The molecule has 4 rings (SSSR count). The first-order valence-electron chi connectivity index (χ1n) is 8.74. The van der Waals surface area contributed by atoms with E-state index in [1.807, 2.05) is 5.38 Å². The van der Waals surface area contributed by atoms with Gasteiger partial charge in [-0.1, -0.05) is 0 Å². The number of aromatic amines is 1. The van der Waals surface area contributed by atoms with Crippen molar-refractivity contribution in [3.8, 4) is 0 Å². The van der Waals surface area contributed by atoms with Gasteiger partial charge >= 0.3 is 0 Å². The van der Waals surface area contributed by atoms with Crippen LogP contribution in [-0.4, -0.2) is 46.4 Å². The van der Waals surface area contributed by atoms with Crippen molar-refractivity contribution in [3.05, 3.63) is 33.5 Å². The molecular formula is C17H22N4O3S. The molecule has 7 nitrogen and oxygen atoms in total. The van der Waals surface area contributed by atoms with Gasteiger partial charge in [-0.2, -0.15) is 5.10 Å². The van der Waals surface area contributed by atoms with Crippen LogP contribution in [0, 0.1) is 0 Å². The summed E-state index contributed by atoms with van der Waals surface area (Å²) >= 11 is 1.55. The minimum absolute atomic E-state index is 0.0733. The molecular weight excluding hydrogens is 340 g/mol. The van der Waals surface area contributed by atoms with Crippen LogP contribution in [0.25, 0.3) is 0 Å². The zero-order valence-corrected chi connectivity index (χ0v) is 14.8. The Balaban J connectivity index is 1.40. The summed E-state index contributed by atoms with van der Waals surface area (Å²) in [5, 5.41) is 12.4. The van der Waals surface area contributed by atoms with Crippen molar-refractivity contribution in [3.63, 3.8) is 0 Å². The summed E-state index contributed by atoms with van der Waals surface area (Å²) in [5.41, 5.74) is 5.42. The molecule has 25 heavy (non-hydrogen) atoms. The summed E-state index contributed by atoms with van der Waals surface area (Å²) in [5.74, 6) is -0.117. The lowest BCUT2D eigenvalue weighted by Crippen LogP contribution is -2.50. The highest BCUT2D eigenvalue weighted by molar-refractivity contribution is 7.07. The van der Waals surface area contributed by atoms with Gasteiger partial charge in [0.25, 0.3) is 5.91 Å². The maximum absolute atomic E-state index is 12.7. The SMILES string of the molecule is O=C(N[C@@H]1CCOC[C@H]1OCc1cscn1)c1n[nH]c2c1CCCC2. The zero-order chi connectivity index (χ0) is 17.1. The average molecular weight is 362 g/mol. The van der Waals surface area contributed by atoms with Gasteiger partial charge in [-0.3, -0.25) is 9.89 Å². The molecule has 1 amide bonds. The molecule has 3 heterocycles. The molecule has 2 aliphatic rings. The number of aromatic nitrogens is 3. The Morgan fingerprint density at radius 2 is 2.36 bits per heavy atom. The van der Waals surface area contributed by atoms with E-state index in [2.05, 4.69) is 20.5 Å². The van der Waals surface area contributed by atoms with E-state index in [1.165, 1.54) is 0 Å². The van der Waals surface area contributed by atoms with E-state index in [1.54, 1.807) is 16.8 Å². The van der Waals surface area contributed by atoms with E-state index in [-0.39, 0.29) is 18.1 Å². The Morgan fingerprint density at radius 3 is 3.24 bits per heavy atom. The standard InChI is InChI=1S/C17H22N4O3S/c22-17(16-12-3-1-2-4-13(12)20-21-16)19-14-5-6-23-8-15(14)24-7-11-9-25-10-18-11/h9-10,14-15H,1-8H2,(H,19,22)(H,20,21)/t14-,15-/m1/s1. The number of thiazole rings is 1. The third-order valence-corrected chi connectivity index (χ3v) is 5.46. The molecule has 0 bridgehead atoms. The zero-order valence-electron chi connectivity index (χ0n) is 14.0. The Hall–Kier alpha value is -1.77. The number of carbonyl (C=O) groups excluding carboxylic acids is 1. The van der Waals surface area contributed by atoms with Crippen LogP contribution in [0.15, 0.2) is 10.9 Å². The molecule has 8 heteroatoms. The van der Waals surface area contributed by atoms with Gasteiger partial charge in [-0.15, -0.1) is 11.3 Å². The Kier molecular flexibility index (Phi) is 5.09. The number of rotatable bonds is 5. The number of carbonyl (C=O) groups is 1. The number of hydrogen-bond acceptors (Lipinski definition) is 6. The van der Waals surface area contributed by atoms with Crippen LogP contribution in [0.5, 0.6) is 0 Å². The van der Waals surface area contributed by atoms with Crippen LogP contribution in [0.4, 0.5) is 0 Å². The molecule has 2 N–H and O–H groups in total. The number of hydrogen-bond donors (Lipinski definition) is 2. The number of nitrogens with one attached hydrogen (secondary N) is 2. The number of fused-ring (bicyclic) bond motifs is 1. The fourth-order valence-corrected chi connectivity index (χ4v) is 3.99. The van der Waals surface area contributed by atoms with Crippen LogP contribution in [0.1, 0.15) is 46.7 Å². The van der Waals surface area contributed by atoms with Gasteiger partial charge in [-0.25, -0.2) is 4.98 Å². The minimum atomic E-state index is -0.172. The van der Waals surface area contributed by atoms with E-state index < -0.39 is 0 Å². The smallest absolute Gasteiger partial charge is 0.272 e. The normalized spacial score (nSPS) is 23.2. The van der Waals surface area contributed by atoms with Crippen molar-refractivity contribution in [1.29, 1.82) is 0 Å². The van der Waals surface area contributed by atoms with Crippen molar-refractivity contribution in [1.82, 2.24) is 20.5 Å². The molecule has 0 saturated carbocycles. The molecule has 2 atom stereocenters. The average Bonchev–Trinajstić information content (AvgIpc) is 3.30. The second-order valence-electron chi connectivity index (χ2n) is 6.51. The molecule has 1 aliphatic heterocycles. The molecule has 0 radical (unpaired) electrons. The third kappa shape index (κ3) is 3.75. The molecule has 0 spiro atoms. The third-order valence-electron chi connectivity index (χ3n) is 4.82. The fourth-order valence-electron chi connectivity index (χ4n) is 3.45. The Morgan fingerprint density at radius 1 is 1.44 bits per heavy atom. The van der Waals surface area contributed by atoms with Crippen molar-refractivity contribution in [2.75, 3.05) is 13.2 Å². The van der Waals surface area contributed by atoms with Crippen molar-refractivity contribution < 1.29 is 14.3 Å². The fraction of sp³-hybridized carbons (Fsp3) is 0.588. The number of ether oxygens (including phenoxy) is 2. The van der Waals surface area contributed by atoms with Gasteiger partial charge < -0.3 is 14.8 Å². The summed E-state index contributed by atoms with van der Waals surface area (Å²) in [7, 11) is 0. The lowest BCUT2D eigenvalue weighted by Gasteiger charge is -2.31. The highest BCUT2D eigenvalue weighted by Crippen LogP contribution is 2.22. The van der Waals surface area contributed by atoms with Crippen LogP contribution in [-0.2, 0) is 28.9 Å². The van der Waals surface area contributed by atoms with Gasteiger partial charge in [0.05, 0.1) is 30.5 Å². The van der Waals surface area contributed by atoms with Crippen LogP contribution >= 0.6 is 11.3 Å². The van der Waals surface area contributed by atoms with E-state index in [0.717, 1.165) is 49.1 Å². The first kappa shape index (κ1) is 16.7. The number of nitrogens with zero attached hydrogens (tertiary/aromatic N) is 2. The predicted octanol–water partition coefficient (Wildman–Crippen LogP) is 1.85. The lowest BCUT2D eigenvalue weighted by molar-refractivity contribution is -0.0742. The molecule has 2 aromatic heterocycles. The number of amides is 1. The molecule has 1 fully saturated rings. The maximum Gasteiger partial charge on any atom is 0.272 e. The summed E-state index contributed by atoms with van der Waals surface area (Å²) in [6, 6.07) is -0.0733. The second kappa shape index (κ2) is 7.63. The Bertz CT molecular complexity index is 716. The summed E-state index contributed by atoms with van der Waals surface area (Å²) in [6.45, 7) is 1.54. The quantitative estimate of drug-likeness (QED) is 0.847. The molecule has 0 unspecified atom stereocenters. The van der Waals surface area contributed by atoms with Gasteiger partial charge in [0.2, 0.25) is 0 Å². The molecule has 2 aromatic rings. The van der Waals surface area contributed by atoms with Crippen molar-refractivity contribution >= 4 is 17.2 Å². The summed E-state index contributed by atoms with van der Waals surface area (Å²) in [6.07, 6.45) is 4.74. The lowest BCUT2D eigenvalue weighted by atomic mass is 9.95.